The summed E-state index contributed by atoms with van der Waals surface area (Å²) in [7, 11) is 2.03. The molecule has 2 rings (SSSR count). The molecule has 0 saturated heterocycles. The molecule has 0 unspecified atom stereocenters. The molecule has 0 aromatic heterocycles. The topological polar surface area (TPSA) is 27.0 Å². The van der Waals surface area contributed by atoms with Crippen molar-refractivity contribution >= 4 is 0 Å². The van der Waals surface area contributed by atoms with E-state index in [9.17, 15) is 4.39 Å². The van der Waals surface area contributed by atoms with Gasteiger partial charge in [-0.2, -0.15) is 5.26 Å². The normalized spacial score (nSPS) is 16.8. The molecule has 0 spiro atoms. The second-order valence-electron chi connectivity index (χ2n) is 5.14. The summed E-state index contributed by atoms with van der Waals surface area (Å²) in [5.74, 6) is -0.186. The van der Waals surface area contributed by atoms with Crippen molar-refractivity contribution in [2.24, 2.45) is 5.41 Å². The Bertz CT molecular complexity index is 432. The average Bonchev–Trinajstić information content (AvgIpc) is 2.97. The molecular weight excluding hydrogens is 215 g/mol. The Hall–Kier alpha value is -1.40. The molecule has 0 bridgehead atoms. The lowest BCUT2D eigenvalue weighted by Gasteiger charge is -2.22. The van der Waals surface area contributed by atoms with E-state index in [-0.39, 0.29) is 11.2 Å². The third-order valence-electron chi connectivity index (χ3n) is 3.36. The zero-order chi connectivity index (χ0) is 12.3. The van der Waals surface area contributed by atoms with Gasteiger partial charge in [-0.3, -0.25) is 0 Å². The fourth-order valence-electron chi connectivity index (χ4n) is 2.31. The van der Waals surface area contributed by atoms with Crippen LogP contribution < -0.4 is 0 Å². The van der Waals surface area contributed by atoms with Crippen molar-refractivity contribution in [3.05, 3.63) is 35.6 Å². The van der Waals surface area contributed by atoms with Gasteiger partial charge in [-0.25, -0.2) is 4.39 Å². The van der Waals surface area contributed by atoms with Crippen LogP contribution in [0.3, 0.4) is 0 Å². The Labute approximate surface area is 102 Å². The van der Waals surface area contributed by atoms with E-state index < -0.39 is 0 Å². The molecule has 1 aliphatic carbocycles. The number of hydrogen-bond acceptors (Lipinski definition) is 2. The molecule has 1 aromatic rings. The van der Waals surface area contributed by atoms with Crippen LogP contribution in [-0.2, 0) is 6.54 Å². The molecule has 17 heavy (non-hydrogen) atoms. The molecule has 0 amide bonds. The Morgan fingerprint density at radius 1 is 1.47 bits per heavy atom. The van der Waals surface area contributed by atoms with Crippen LogP contribution in [0, 0.1) is 22.6 Å². The third-order valence-corrected chi connectivity index (χ3v) is 3.36. The third kappa shape index (κ3) is 3.28. The Balaban J connectivity index is 1.90. The molecule has 90 valence electrons. The number of hydrogen-bond donors (Lipinski definition) is 0. The van der Waals surface area contributed by atoms with E-state index in [0.717, 1.165) is 31.5 Å². The minimum absolute atomic E-state index is 0.186. The number of rotatable bonds is 5. The lowest BCUT2D eigenvalue weighted by atomic mass is 10.0. The first kappa shape index (κ1) is 12.1. The maximum atomic E-state index is 13.0. The summed E-state index contributed by atoms with van der Waals surface area (Å²) in [6.07, 6.45) is 2.93. The predicted molar refractivity (Wildman–Crippen MR) is 64.6 cm³/mol. The molecule has 1 aromatic carbocycles. The highest BCUT2D eigenvalue weighted by Crippen LogP contribution is 2.49. The average molecular weight is 232 g/mol. The zero-order valence-electron chi connectivity index (χ0n) is 10.1. The van der Waals surface area contributed by atoms with Gasteiger partial charge in [0.2, 0.25) is 0 Å². The van der Waals surface area contributed by atoms with Crippen molar-refractivity contribution in [3.8, 4) is 6.07 Å². The molecule has 0 N–H and O–H groups in total. The standard InChI is InChI=1S/C14H17FN2/c1-17(11-14(5-6-14)7-8-16)10-12-3-2-4-13(15)9-12/h2-4,9H,5-7,10-11H2,1H3. The lowest BCUT2D eigenvalue weighted by Crippen LogP contribution is -2.26. The molecule has 3 heteroatoms. The fraction of sp³-hybridized carbons (Fsp3) is 0.500. The van der Waals surface area contributed by atoms with Gasteiger partial charge >= 0.3 is 0 Å². The van der Waals surface area contributed by atoms with E-state index in [4.69, 9.17) is 5.26 Å². The molecule has 0 aliphatic heterocycles. The maximum Gasteiger partial charge on any atom is 0.123 e. The summed E-state index contributed by atoms with van der Waals surface area (Å²) in [5.41, 5.74) is 1.21. The number of benzene rings is 1. The maximum absolute atomic E-state index is 13.0. The van der Waals surface area contributed by atoms with E-state index in [0.29, 0.717) is 6.42 Å². The quantitative estimate of drug-likeness (QED) is 0.780. The number of nitriles is 1. The molecule has 0 heterocycles. The van der Waals surface area contributed by atoms with Crippen molar-refractivity contribution in [1.82, 2.24) is 4.90 Å². The highest BCUT2D eigenvalue weighted by atomic mass is 19.1. The molecular formula is C14H17FN2. The monoisotopic (exact) mass is 232 g/mol. The first-order chi connectivity index (χ1) is 8.13. The van der Waals surface area contributed by atoms with Crippen LogP contribution in [0.1, 0.15) is 24.8 Å². The molecule has 0 radical (unpaired) electrons. The van der Waals surface area contributed by atoms with Gasteiger partial charge in [-0.15, -0.1) is 0 Å². The summed E-state index contributed by atoms with van der Waals surface area (Å²) < 4.78 is 13.0. The van der Waals surface area contributed by atoms with Crippen LogP contribution in [-0.4, -0.2) is 18.5 Å². The highest BCUT2D eigenvalue weighted by molar-refractivity contribution is 5.16. The van der Waals surface area contributed by atoms with E-state index >= 15 is 0 Å². The summed E-state index contributed by atoms with van der Waals surface area (Å²) in [4.78, 5) is 2.18. The van der Waals surface area contributed by atoms with Crippen LogP contribution in [0.4, 0.5) is 4.39 Å². The van der Waals surface area contributed by atoms with E-state index in [2.05, 4.69) is 11.0 Å². The summed E-state index contributed by atoms with van der Waals surface area (Å²) >= 11 is 0. The van der Waals surface area contributed by atoms with E-state index in [1.54, 1.807) is 12.1 Å². The summed E-state index contributed by atoms with van der Waals surface area (Å²) in [6, 6.07) is 8.96. The predicted octanol–water partition coefficient (Wildman–Crippen LogP) is 2.95. The summed E-state index contributed by atoms with van der Waals surface area (Å²) in [5, 5.41) is 8.76. The van der Waals surface area contributed by atoms with Crippen molar-refractivity contribution in [2.45, 2.75) is 25.8 Å². The van der Waals surface area contributed by atoms with Gasteiger partial charge in [0.05, 0.1) is 6.07 Å². The Morgan fingerprint density at radius 2 is 2.24 bits per heavy atom. The molecule has 1 aliphatic rings. The van der Waals surface area contributed by atoms with Crippen LogP contribution in [0.25, 0.3) is 0 Å². The van der Waals surface area contributed by atoms with Gasteiger partial charge in [0, 0.05) is 19.5 Å². The minimum atomic E-state index is -0.186. The fourth-order valence-corrected chi connectivity index (χ4v) is 2.31. The van der Waals surface area contributed by atoms with Crippen molar-refractivity contribution < 1.29 is 4.39 Å². The van der Waals surface area contributed by atoms with Crippen LogP contribution in [0.2, 0.25) is 0 Å². The SMILES string of the molecule is CN(Cc1cccc(F)c1)CC1(CC#N)CC1. The molecule has 1 fully saturated rings. The Morgan fingerprint density at radius 3 is 2.82 bits per heavy atom. The lowest BCUT2D eigenvalue weighted by molar-refractivity contribution is 0.257. The molecule has 1 saturated carbocycles. The van der Waals surface area contributed by atoms with Gasteiger partial charge < -0.3 is 4.90 Å². The van der Waals surface area contributed by atoms with Crippen LogP contribution >= 0.6 is 0 Å². The number of halogens is 1. The van der Waals surface area contributed by atoms with Gasteiger partial charge in [-0.1, -0.05) is 12.1 Å². The van der Waals surface area contributed by atoms with Gasteiger partial charge in [0.25, 0.3) is 0 Å². The second kappa shape index (κ2) is 4.85. The number of nitrogens with zero attached hydrogens (tertiary/aromatic N) is 2. The molecule has 2 nitrogen and oxygen atoms in total. The first-order valence-corrected chi connectivity index (χ1v) is 5.93. The first-order valence-electron chi connectivity index (χ1n) is 5.93. The van der Waals surface area contributed by atoms with E-state index in [1.165, 1.54) is 6.07 Å². The van der Waals surface area contributed by atoms with Crippen molar-refractivity contribution in [1.29, 1.82) is 5.26 Å². The van der Waals surface area contributed by atoms with Crippen LogP contribution in [0.15, 0.2) is 24.3 Å². The Kier molecular flexibility index (Phi) is 3.44. The summed E-state index contributed by atoms with van der Waals surface area (Å²) in [6.45, 7) is 1.67. The molecule has 0 atom stereocenters. The zero-order valence-corrected chi connectivity index (χ0v) is 10.1. The van der Waals surface area contributed by atoms with Crippen LogP contribution in [0.5, 0.6) is 0 Å². The smallest absolute Gasteiger partial charge is 0.123 e. The van der Waals surface area contributed by atoms with E-state index in [1.807, 2.05) is 13.1 Å². The van der Waals surface area contributed by atoms with Crippen molar-refractivity contribution in [2.75, 3.05) is 13.6 Å². The second-order valence-corrected chi connectivity index (χ2v) is 5.14. The largest absolute Gasteiger partial charge is 0.302 e. The van der Waals surface area contributed by atoms with Crippen molar-refractivity contribution in [3.63, 3.8) is 0 Å². The van der Waals surface area contributed by atoms with Gasteiger partial charge in [0.15, 0.2) is 0 Å². The van der Waals surface area contributed by atoms with Gasteiger partial charge in [0.1, 0.15) is 5.82 Å². The minimum Gasteiger partial charge on any atom is -0.302 e. The van der Waals surface area contributed by atoms with Gasteiger partial charge in [-0.05, 0) is 43.0 Å². The highest BCUT2D eigenvalue weighted by Gasteiger charge is 2.42.